The van der Waals surface area contributed by atoms with E-state index >= 15 is 4.39 Å². The number of hydroxylamine groups is 2. The van der Waals surface area contributed by atoms with E-state index in [0.29, 0.717) is 23.9 Å². The zero-order valence-electron chi connectivity index (χ0n) is 20.3. The minimum Gasteiger partial charge on any atom is -0.349 e. The molecule has 0 radical (unpaired) electrons. The molecule has 1 aliphatic heterocycles. The van der Waals surface area contributed by atoms with Crippen molar-refractivity contribution in [1.82, 2.24) is 25.4 Å². The molecule has 2 atom stereocenters. The van der Waals surface area contributed by atoms with Crippen LogP contribution in [-0.2, 0) is 9.59 Å². The number of hydrogen-bond acceptors (Lipinski definition) is 8. The van der Waals surface area contributed by atoms with Crippen LogP contribution in [0.3, 0.4) is 0 Å². The number of carbonyl (C=O) groups is 2. The molecule has 10 nitrogen and oxygen atoms in total. The van der Waals surface area contributed by atoms with Crippen LogP contribution in [0, 0.1) is 17.7 Å². The molecule has 194 valence electrons. The lowest BCUT2D eigenvalue weighted by Gasteiger charge is -2.37. The minimum absolute atomic E-state index is 0.00435. The topological polar surface area (TPSA) is 114 Å². The number of nitrogens with zero attached hydrogens (tertiary/aromatic N) is 5. The molecule has 4 rings (SSSR count). The van der Waals surface area contributed by atoms with E-state index in [4.69, 9.17) is 11.6 Å². The van der Waals surface area contributed by atoms with Gasteiger partial charge in [-0.25, -0.2) is 5.06 Å². The fourth-order valence-corrected chi connectivity index (χ4v) is 6.04. The maximum Gasteiger partial charge on any atom is 0.243 e. The van der Waals surface area contributed by atoms with Gasteiger partial charge in [-0.15, -0.1) is 0 Å². The summed E-state index contributed by atoms with van der Waals surface area (Å²) < 4.78 is 15.6. The third-order valence-corrected chi connectivity index (χ3v) is 8.07. The van der Waals surface area contributed by atoms with E-state index < -0.39 is 17.6 Å². The number of aromatic nitrogens is 2. The summed E-state index contributed by atoms with van der Waals surface area (Å²) in [6, 6.07) is 0.120. The summed E-state index contributed by atoms with van der Waals surface area (Å²) in [6.45, 7) is 0.520. The van der Waals surface area contributed by atoms with Crippen molar-refractivity contribution in [1.29, 1.82) is 0 Å². The van der Waals surface area contributed by atoms with Crippen LogP contribution in [0.5, 0.6) is 0 Å². The van der Waals surface area contributed by atoms with Gasteiger partial charge in [0.2, 0.25) is 23.4 Å². The molecule has 3 N–H and O–H groups in total. The van der Waals surface area contributed by atoms with E-state index in [2.05, 4.69) is 39.8 Å². The second-order valence-corrected chi connectivity index (χ2v) is 10.6. The molecule has 2 amide bonds. The molecule has 0 aromatic carbocycles. The molecule has 2 saturated carbocycles. The SMILES string of the molecule is CN(C)C1([C@@H]2CCCN2c2nc(Cl)nc(NNC(=O)[C@@H](CC3CCCC3)CN(O)C=O)c2F)CC1. The summed E-state index contributed by atoms with van der Waals surface area (Å²) in [4.78, 5) is 36.2. The molecule has 1 aromatic rings. The molecule has 0 spiro atoms. The van der Waals surface area contributed by atoms with Crippen LogP contribution in [0.2, 0.25) is 5.28 Å². The molecule has 3 aliphatic rings. The Balaban J connectivity index is 1.48. The van der Waals surface area contributed by atoms with Crippen LogP contribution >= 0.6 is 11.6 Å². The maximum absolute atomic E-state index is 15.6. The maximum atomic E-state index is 15.6. The number of hydrazine groups is 1. The van der Waals surface area contributed by atoms with Crippen molar-refractivity contribution in [3.63, 3.8) is 0 Å². The van der Waals surface area contributed by atoms with E-state index in [1.807, 2.05) is 4.90 Å². The lowest BCUT2D eigenvalue weighted by Crippen LogP contribution is -2.49. The van der Waals surface area contributed by atoms with E-state index in [1.165, 1.54) is 0 Å². The van der Waals surface area contributed by atoms with Crippen molar-refractivity contribution in [2.24, 2.45) is 11.8 Å². The highest BCUT2D eigenvalue weighted by Crippen LogP contribution is 2.49. The van der Waals surface area contributed by atoms with Crippen molar-refractivity contribution in [2.45, 2.75) is 69.4 Å². The molecular formula is C23H35ClFN7O3. The third-order valence-electron chi connectivity index (χ3n) is 7.90. The monoisotopic (exact) mass is 511 g/mol. The van der Waals surface area contributed by atoms with E-state index in [1.54, 1.807) is 0 Å². The van der Waals surface area contributed by atoms with Gasteiger partial charge in [0.1, 0.15) is 0 Å². The Hall–Kier alpha value is -2.24. The quantitative estimate of drug-likeness (QED) is 0.180. The van der Waals surface area contributed by atoms with Gasteiger partial charge in [0.25, 0.3) is 0 Å². The number of amides is 2. The van der Waals surface area contributed by atoms with Crippen LogP contribution in [0.4, 0.5) is 16.0 Å². The normalized spacial score (nSPS) is 22.3. The first-order valence-electron chi connectivity index (χ1n) is 12.4. The van der Waals surface area contributed by atoms with Gasteiger partial charge >= 0.3 is 0 Å². The first-order chi connectivity index (χ1) is 16.7. The number of likely N-dealkylation sites (N-methyl/N-ethyl adjacent to an activating group) is 1. The second-order valence-electron chi connectivity index (χ2n) is 10.3. The number of carbonyl (C=O) groups excluding carboxylic acids is 2. The molecule has 1 aromatic heterocycles. The van der Waals surface area contributed by atoms with Gasteiger partial charge in [0.05, 0.1) is 12.5 Å². The molecule has 3 fully saturated rings. The van der Waals surface area contributed by atoms with Crippen molar-refractivity contribution in [2.75, 3.05) is 37.5 Å². The number of rotatable bonds is 11. The first kappa shape index (κ1) is 25.8. The second kappa shape index (κ2) is 10.8. The zero-order chi connectivity index (χ0) is 25.2. The van der Waals surface area contributed by atoms with E-state index in [0.717, 1.165) is 51.4 Å². The Labute approximate surface area is 210 Å². The number of nitrogens with one attached hydrogen (secondary N) is 2. The Morgan fingerprint density at radius 1 is 1.29 bits per heavy atom. The predicted octanol–water partition coefficient (Wildman–Crippen LogP) is 2.82. The van der Waals surface area contributed by atoms with Crippen molar-refractivity contribution >= 4 is 35.6 Å². The Morgan fingerprint density at radius 2 is 2.00 bits per heavy atom. The highest BCUT2D eigenvalue weighted by atomic mass is 35.5. The lowest BCUT2D eigenvalue weighted by atomic mass is 9.92. The standard InChI is InChI=1S/C23H35ClFN7O3/c1-30(2)23(9-10-23)17-8-5-11-32(17)20-18(25)19(26-22(24)27-20)28-29-21(34)16(13-31(35)14-33)12-15-6-3-4-7-15/h14-17,35H,3-13H2,1-2H3,(H,29,34)(H,26,27,28)/t16-,17-/m0/s1. The predicted molar refractivity (Wildman–Crippen MR) is 129 cm³/mol. The van der Waals surface area contributed by atoms with Crippen LogP contribution in [0.15, 0.2) is 0 Å². The molecule has 12 heteroatoms. The summed E-state index contributed by atoms with van der Waals surface area (Å²) in [5.41, 5.74) is 5.08. The first-order valence-corrected chi connectivity index (χ1v) is 12.8. The van der Waals surface area contributed by atoms with Crippen LogP contribution < -0.4 is 15.8 Å². The third kappa shape index (κ3) is 5.62. The molecule has 35 heavy (non-hydrogen) atoms. The molecule has 1 saturated heterocycles. The zero-order valence-corrected chi connectivity index (χ0v) is 21.1. The fourth-order valence-electron chi connectivity index (χ4n) is 5.87. The average molecular weight is 512 g/mol. The summed E-state index contributed by atoms with van der Waals surface area (Å²) in [5.74, 6) is -1.54. The van der Waals surface area contributed by atoms with Gasteiger partial charge < -0.3 is 9.80 Å². The van der Waals surface area contributed by atoms with Gasteiger partial charge in [0.15, 0.2) is 11.6 Å². The van der Waals surface area contributed by atoms with Gasteiger partial charge in [-0.2, -0.15) is 14.4 Å². The van der Waals surface area contributed by atoms with Crippen LogP contribution in [0.1, 0.15) is 57.8 Å². The summed E-state index contributed by atoms with van der Waals surface area (Å²) in [5, 5.41) is 10.0. The van der Waals surface area contributed by atoms with Gasteiger partial charge in [-0.1, -0.05) is 25.7 Å². The number of halogens is 2. The highest BCUT2D eigenvalue weighted by molar-refractivity contribution is 6.28. The lowest BCUT2D eigenvalue weighted by molar-refractivity contribution is -0.154. The Kier molecular flexibility index (Phi) is 7.97. The van der Waals surface area contributed by atoms with Crippen molar-refractivity contribution in [3.05, 3.63) is 11.1 Å². The minimum atomic E-state index is -0.680. The molecule has 2 heterocycles. The van der Waals surface area contributed by atoms with E-state index in [9.17, 15) is 14.8 Å². The Bertz CT molecular complexity index is 927. The number of hydrogen-bond donors (Lipinski definition) is 3. The van der Waals surface area contributed by atoms with Crippen LogP contribution in [-0.4, -0.2) is 76.2 Å². The Morgan fingerprint density at radius 3 is 2.63 bits per heavy atom. The molecule has 0 bridgehead atoms. The molecule has 0 unspecified atom stereocenters. The molecular weight excluding hydrogens is 477 g/mol. The fraction of sp³-hybridized carbons (Fsp3) is 0.739. The van der Waals surface area contributed by atoms with Crippen molar-refractivity contribution in [3.8, 4) is 0 Å². The van der Waals surface area contributed by atoms with Crippen molar-refractivity contribution < 1.29 is 19.2 Å². The summed E-state index contributed by atoms with van der Waals surface area (Å²) >= 11 is 6.16. The largest absolute Gasteiger partial charge is 0.349 e. The highest BCUT2D eigenvalue weighted by Gasteiger charge is 2.55. The molecule has 2 aliphatic carbocycles. The number of anilines is 2. The van der Waals surface area contributed by atoms with E-state index in [-0.39, 0.29) is 41.5 Å². The summed E-state index contributed by atoms with van der Waals surface area (Å²) in [7, 11) is 4.10. The van der Waals surface area contributed by atoms with Crippen LogP contribution in [0.25, 0.3) is 0 Å². The smallest absolute Gasteiger partial charge is 0.243 e. The summed E-state index contributed by atoms with van der Waals surface area (Å²) in [6.07, 6.45) is 8.99. The van der Waals surface area contributed by atoms with Gasteiger partial charge in [-0.05, 0) is 63.7 Å². The van der Waals surface area contributed by atoms with Gasteiger partial charge in [-0.3, -0.25) is 25.6 Å². The van der Waals surface area contributed by atoms with Gasteiger partial charge in [0, 0.05) is 18.1 Å². The average Bonchev–Trinajstić information content (AvgIpc) is 3.23.